The highest BCUT2D eigenvalue weighted by molar-refractivity contribution is 7.15. The van der Waals surface area contributed by atoms with E-state index in [0.29, 0.717) is 9.49 Å². The highest BCUT2D eigenvalue weighted by Gasteiger charge is 2.19. The van der Waals surface area contributed by atoms with Crippen LogP contribution in [0.15, 0.2) is 89.7 Å². The predicted octanol–water partition coefficient (Wildman–Crippen LogP) is 4.65. The SMILES string of the molecule is COc1ccccc1C=c1sc2nc(-c3ccccc3)c(-c3ccccc3)n2c1=O. The van der Waals surface area contributed by atoms with Gasteiger partial charge in [0.1, 0.15) is 5.75 Å². The Kier molecular flexibility index (Phi) is 4.65. The summed E-state index contributed by atoms with van der Waals surface area (Å²) < 4.78 is 7.78. The van der Waals surface area contributed by atoms with Crippen molar-refractivity contribution in [2.24, 2.45) is 0 Å². The molecule has 5 aromatic rings. The van der Waals surface area contributed by atoms with Crippen LogP contribution in [0.1, 0.15) is 5.56 Å². The quantitative estimate of drug-likeness (QED) is 0.433. The standard InChI is InChI=1S/C25H18N2O2S/c1-29-20-15-9-8-14-19(20)16-21-24(28)27-23(18-12-6-3-7-13-18)22(26-25(27)30-21)17-10-4-2-5-11-17/h2-16H,1H3. The Morgan fingerprint density at radius 1 is 0.867 bits per heavy atom. The van der Waals surface area contributed by atoms with Gasteiger partial charge in [0, 0.05) is 16.7 Å². The highest BCUT2D eigenvalue weighted by Crippen LogP contribution is 2.32. The molecule has 5 rings (SSSR count). The summed E-state index contributed by atoms with van der Waals surface area (Å²) in [6.45, 7) is 0. The Hall–Kier alpha value is -3.70. The van der Waals surface area contributed by atoms with Gasteiger partial charge in [-0.3, -0.25) is 4.79 Å². The molecule has 0 bridgehead atoms. The zero-order valence-electron chi connectivity index (χ0n) is 16.3. The number of hydrogen-bond donors (Lipinski definition) is 0. The summed E-state index contributed by atoms with van der Waals surface area (Å²) >= 11 is 1.39. The van der Waals surface area contributed by atoms with Crippen molar-refractivity contribution in [2.75, 3.05) is 7.11 Å². The van der Waals surface area contributed by atoms with Gasteiger partial charge in [-0.1, -0.05) is 90.2 Å². The van der Waals surface area contributed by atoms with E-state index in [1.807, 2.05) is 91.0 Å². The van der Waals surface area contributed by atoms with Crippen LogP contribution in [-0.4, -0.2) is 16.5 Å². The van der Waals surface area contributed by atoms with E-state index in [9.17, 15) is 4.79 Å². The van der Waals surface area contributed by atoms with Gasteiger partial charge in [0.05, 0.1) is 23.0 Å². The van der Waals surface area contributed by atoms with Crippen molar-refractivity contribution >= 4 is 22.4 Å². The molecule has 3 aromatic carbocycles. The minimum absolute atomic E-state index is 0.0746. The van der Waals surface area contributed by atoms with Crippen LogP contribution in [0.5, 0.6) is 5.75 Å². The van der Waals surface area contributed by atoms with E-state index in [-0.39, 0.29) is 5.56 Å². The van der Waals surface area contributed by atoms with Crippen molar-refractivity contribution in [1.82, 2.24) is 9.38 Å². The van der Waals surface area contributed by atoms with E-state index in [4.69, 9.17) is 9.72 Å². The monoisotopic (exact) mass is 410 g/mol. The van der Waals surface area contributed by atoms with Gasteiger partial charge in [-0.15, -0.1) is 0 Å². The van der Waals surface area contributed by atoms with Gasteiger partial charge in [0.25, 0.3) is 5.56 Å². The van der Waals surface area contributed by atoms with Gasteiger partial charge < -0.3 is 4.74 Å². The molecule has 30 heavy (non-hydrogen) atoms. The van der Waals surface area contributed by atoms with Crippen LogP contribution in [0.3, 0.4) is 0 Å². The number of rotatable bonds is 4. The number of methoxy groups -OCH3 is 1. The van der Waals surface area contributed by atoms with Crippen LogP contribution < -0.4 is 14.8 Å². The van der Waals surface area contributed by atoms with Gasteiger partial charge in [-0.05, 0) is 12.1 Å². The molecule has 0 atom stereocenters. The zero-order valence-corrected chi connectivity index (χ0v) is 17.1. The zero-order chi connectivity index (χ0) is 20.5. The fraction of sp³-hybridized carbons (Fsp3) is 0.0400. The van der Waals surface area contributed by atoms with Crippen LogP contribution in [0.4, 0.5) is 0 Å². The molecule has 0 aliphatic heterocycles. The first-order valence-electron chi connectivity index (χ1n) is 9.57. The van der Waals surface area contributed by atoms with Gasteiger partial charge in [-0.2, -0.15) is 0 Å². The van der Waals surface area contributed by atoms with Gasteiger partial charge >= 0.3 is 0 Å². The summed E-state index contributed by atoms with van der Waals surface area (Å²) in [7, 11) is 1.63. The first kappa shape index (κ1) is 18.3. The lowest BCUT2D eigenvalue weighted by Crippen LogP contribution is -2.23. The minimum Gasteiger partial charge on any atom is -0.496 e. The lowest BCUT2D eigenvalue weighted by molar-refractivity contribution is 0.414. The molecule has 2 aromatic heterocycles. The van der Waals surface area contributed by atoms with Crippen molar-refractivity contribution in [3.63, 3.8) is 0 Å². The van der Waals surface area contributed by atoms with Crippen LogP contribution in [0.2, 0.25) is 0 Å². The topological polar surface area (TPSA) is 43.6 Å². The van der Waals surface area contributed by atoms with Gasteiger partial charge in [0.2, 0.25) is 0 Å². The van der Waals surface area contributed by atoms with E-state index in [1.54, 1.807) is 11.5 Å². The Balaban J connectivity index is 1.80. The number of hydrogen-bond acceptors (Lipinski definition) is 4. The molecule has 0 aliphatic rings. The molecule has 0 N–H and O–H groups in total. The van der Waals surface area contributed by atoms with Crippen LogP contribution in [-0.2, 0) is 0 Å². The molecule has 0 saturated heterocycles. The average molecular weight is 410 g/mol. The average Bonchev–Trinajstić information content (AvgIpc) is 3.32. The molecule has 2 heterocycles. The Bertz CT molecular complexity index is 1440. The van der Waals surface area contributed by atoms with Crippen LogP contribution in [0, 0.1) is 0 Å². The molecule has 0 fully saturated rings. The molecular formula is C25H18N2O2S. The van der Waals surface area contributed by atoms with E-state index >= 15 is 0 Å². The summed E-state index contributed by atoms with van der Waals surface area (Å²) in [4.78, 5) is 19.0. The number of imidazole rings is 1. The number of nitrogens with zero attached hydrogens (tertiary/aromatic N) is 2. The molecule has 0 aliphatic carbocycles. The van der Waals surface area contributed by atoms with Crippen molar-refractivity contribution in [1.29, 1.82) is 0 Å². The lowest BCUT2D eigenvalue weighted by Gasteiger charge is -2.04. The predicted molar refractivity (Wildman–Crippen MR) is 122 cm³/mol. The Morgan fingerprint density at radius 2 is 1.50 bits per heavy atom. The van der Waals surface area contributed by atoms with E-state index < -0.39 is 0 Å². The summed E-state index contributed by atoms with van der Waals surface area (Å²) in [6, 6.07) is 27.6. The number of aromatic nitrogens is 2. The minimum atomic E-state index is -0.0746. The van der Waals surface area contributed by atoms with Gasteiger partial charge in [-0.25, -0.2) is 9.38 Å². The number of benzene rings is 3. The van der Waals surface area contributed by atoms with Crippen molar-refractivity contribution in [2.45, 2.75) is 0 Å². The molecule has 0 radical (unpaired) electrons. The van der Waals surface area contributed by atoms with Crippen molar-refractivity contribution < 1.29 is 4.74 Å². The van der Waals surface area contributed by atoms with Gasteiger partial charge in [0.15, 0.2) is 4.96 Å². The lowest BCUT2D eigenvalue weighted by atomic mass is 10.1. The van der Waals surface area contributed by atoms with E-state index in [2.05, 4.69) is 0 Å². The summed E-state index contributed by atoms with van der Waals surface area (Å²) in [5, 5.41) is 0. The second kappa shape index (κ2) is 7.61. The summed E-state index contributed by atoms with van der Waals surface area (Å²) in [5.41, 5.74) is 4.37. The molecule has 0 unspecified atom stereocenters. The highest BCUT2D eigenvalue weighted by atomic mass is 32.1. The molecule has 4 nitrogen and oxygen atoms in total. The molecule has 0 saturated carbocycles. The normalized spacial score (nSPS) is 11.8. The second-order valence-electron chi connectivity index (χ2n) is 6.82. The van der Waals surface area contributed by atoms with E-state index in [1.165, 1.54) is 11.3 Å². The maximum Gasteiger partial charge on any atom is 0.274 e. The van der Waals surface area contributed by atoms with Crippen LogP contribution in [0.25, 0.3) is 33.6 Å². The number of thiazole rings is 1. The summed E-state index contributed by atoms with van der Waals surface area (Å²) in [6.07, 6.45) is 1.87. The number of fused-ring (bicyclic) bond motifs is 1. The third-order valence-electron chi connectivity index (χ3n) is 4.98. The van der Waals surface area contributed by atoms with Crippen LogP contribution >= 0.6 is 11.3 Å². The maximum absolute atomic E-state index is 13.4. The molecule has 0 spiro atoms. The first-order valence-corrected chi connectivity index (χ1v) is 10.4. The fourth-order valence-corrected chi connectivity index (χ4v) is 4.55. The third-order valence-corrected chi connectivity index (χ3v) is 5.95. The molecule has 5 heteroatoms. The maximum atomic E-state index is 13.4. The van der Waals surface area contributed by atoms with Crippen molar-refractivity contribution in [3.05, 3.63) is 105 Å². The molecule has 0 amide bonds. The third kappa shape index (κ3) is 3.09. The summed E-state index contributed by atoms with van der Waals surface area (Å²) in [5.74, 6) is 0.733. The smallest absolute Gasteiger partial charge is 0.274 e. The second-order valence-corrected chi connectivity index (χ2v) is 7.83. The van der Waals surface area contributed by atoms with Crippen molar-refractivity contribution in [3.8, 4) is 28.3 Å². The number of ether oxygens (including phenoxy) is 1. The number of para-hydroxylation sites is 1. The van der Waals surface area contributed by atoms with E-state index in [0.717, 1.165) is 33.8 Å². The molecular weight excluding hydrogens is 392 g/mol. The Morgan fingerprint density at radius 3 is 2.20 bits per heavy atom. The first-order chi connectivity index (χ1) is 14.8. The molecule has 146 valence electrons. The Labute approximate surface area is 177 Å². The largest absolute Gasteiger partial charge is 0.496 e. The fourth-order valence-electron chi connectivity index (χ4n) is 3.59.